The summed E-state index contributed by atoms with van der Waals surface area (Å²) in [6, 6.07) is 15.0. The number of nitrogens with one attached hydrogen (secondary N) is 1. The minimum absolute atomic E-state index is 0.0474. The fourth-order valence-corrected chi connectivity index (χ4v) is 2.83. The predicted molar refractivity (Wildman–Crippen MR) is 118 cm³/mol. The van der Waals surface area contributed by atoms with Crippen LogP contribution in [-0.2, 0) is 9.53 Å². The fraction of sp³-hybridized carbons (Fsp3) is 0.136. The zero-order chi connectivity index (χ0) is 23.1. The summed E-state index contributed by atoms with van der Waals surface area (Å²) in [7, 11) is 0. The zero-order valence-electron chi connectivity index (χ0n) is 17.2. The molecule has 0 fully saturated rings. The molecule has 0 bridgehead atoms. The van der Waals surface area contributed by atoms with Crippen molar-refractivity contribution in [1.29, 1.82) is 5.26 Å². The van der Waals surface area contributed by atoms with Crippen LogP contribution in [0.25, 0.3) is 11.3 Å². The van der Waals surface area contributed by atoms with Gasteiger partial charge in [0.2, 0.25) is 5.95 Å². The summed E-state index contributed by atoms with van der Waals surface area (Å²) >= 11 is 0. The molecule has 162 valence electrons. The van der Waals surface area contributed by atoms with E-state index in [1.165, 1.54) is 0 Å². The summed E-state index contributed by atoms with van der Waals surface area (Å²) in [6.45, 7) is 1.69. The first kappa shape index (κ1) is 22.0. The number of hydrogen-bond donors (Lipinski definition) is 3. The van der Waals surface area contributed by atoms with E-state index in [1.807, 2.05) is 6.07 Å². The standard InChI is InChI=1S/C22H20N6O4/c1-2-31-21(30)13-7-9-14(10-8-13)26-18(29)12-32-17-6-4-3-5-15(17)19-16(11-23)20(24)28-22(25)27-19/h3-10H,2,12H2,1H3,(H,26,29)(H4,24,25,27,28). The topological polar surface area (TPSA) is 166 Å². The predicted octanol–water partition coefficient (Wildman–Crippen LogP) is 2.37. The van der Waals surface area contributed by atoms with Gasteiger partial charge in [0, 0.05) is 11.3 Å². The maximum absolute atomic E-state index is 12.3. The molecule has 0 aliphatic carbocycles. The molecular weight excluding hydrogens is 412 g/mol. The number of anilines is 3. The van der Waals surface area contributed by atoms with Crippen molar-refractivity contribution in [3.05, 3.63) is 59.7 Å². The lowest BCUT2D eigenvalue weighted by atomic mass is 10.1. The van der Waals surface area contributed by atoms with Crippen LogP contribution in [0.2, 0.25) is 0 Å². The lowest BCUT2D eigenvalue weighted by Gasteiger charge is -2.13. The highest BCUT2D eigenvalue weighted by Crippen LogP contribution is 2.32. The number of amides is 1. The molecule has 0 spiro atoms. The molecule has 1 heterocycles. The van der Waals surface area contributed by atoms with E-state index in [2.05, 4.69) is 15.3 Å². The van der Waals surface area contributed by atoms with E-state index in [-0.39, 0.29) is 36.2 Å². The van der Waals surface area contributed by atoms with Gasteiger partial charge in [-0.3, -0.25) is 4.79 Å². The number of carbonyl (C=O) groups is 2. The molecule has 0 saturated carbocycles. The number of carbonyl (C=O) groups excluding carboxylic acids is 2. The van der Waals surface area contributed by atoms with E-state index in [0.717, 1.165) is 0 Å². The number of esters is 1. The first-order valence-electron chi connectivity index (χ1n) is 9.55. The number of nitrogens with two attached hydrogens (primary N) is 2. The number of hydrogen-bond acceptors (Lipinski definition) is 9. The molecule has 0 atom stereocenters. The number of para-hydroxylation sites is 1. The molecule has 3 aromatic rings. The van der Waals surface area contributed by atoms with Gasteiger partial charge in [-0.2, -0.15) is 10.2 Å². The van der Waals surface area contributed by atoms with Crippen molar-refractivity contribution < 1.29 is 19.1 Å². The van der Waals surface area contributed by atoms with Crippen LogP contribution < -0.4 is 21.5 Å². The summed E-state index contributed by atoms with van der Waals surface area (Å²) in [4.78, 5) is 31.9. The van der Waals surface area contributed by atoms with Crippen LogP contribution in [0, 0.1) is 11.3 Å². The zero-order valence-corrected chi connectivity index (χ0v) is 17.2. The van der Waals surface area contributed by atoms with Crippen molar-refractivity contribution in [3.63, 3.8) is 0 Å². The second kappa shape index (κ2) is 9.90. The summed E-state index contributed by atoms with van der Waals surface area (Å²) in [5.74, 6) is -0.683. The largest absolute Gasteiger partial charge is 0.483 e. The Morgan fingerprint density at radius 2 is 1.81 bits per heavy atom. The number of aromatic nitrogens is 2. The van der Waals surface area contributed by atoms with Crippen molar-refractivity contribution in [3.8, 4) is 23.1 Å². The summed E-state index contributed by atoms with van der Waals surface area (Å²) in [5, 5.41) is 12.1. The van der Waals surface area contributed by atoms with Gasteiger partial charge in [0.15, 0.2) is 6.61 Å². The van der Waals surface area contributed by atoms with Gasteiger partial charge < -0.3 is 26.3 Å². The first-order chi connectivity index (χ1) is 15.4. The smallest absolute Gasteiger partial charge is 0.338 e. The van der Waals surface area contributed by atoms with Crippen molar-refractivity contribution in [2.75, 3.05) is 30.0 Å². The number of nitriles is 1. The van der Waals surface area contributed by atoms with Gasteiger partial charge >= 0.3 is 5.97 Å². The average molecular weight is 432 g/mol. The highest BCUT2D eigenvalue weighted by molar-refractivity contribution is 5.94. The Hall–Kier alpha value is -4.65. The van der Waals surface area contributed by atoms with Crippen LogP contribution in [0.5, 0.6) is 5.75 Å². The molecule has 0 aliphatic heterocycles. The van der Waals surface area contributed by atoms with E-state index in [9.17, 15) is 14.9 Å². The maximum Gasteiger partial charge on any atom is 0.338 e. The van der Waals surface area contributed by atoms with Gasteiger partial charge in [-0.25, -0.2) is 9.78 Å². The number of benzene rings is 2. The van der Waals surface area contributed by atoms with E-state index < -0.39 is 11.9 Å². The monoisotopic (exact) mass is 432 g/mol. The number of nitrogens with zero attached hydrogens (tertiary/aromatic N) is 3. The molecule has 0 unspecified atom stereocenters. The van der Waals surface area contributed by atoms with E-state index >= 15 is 0 Å². The molecule has 0 aliphatic rings. The van der Waals surface area contributed by atoms with Crippen LogP contribution in [0.15, 0.2) is 48.5 Å². The van der Waals surface area contributed by atoms with Gasteiger partial charge in [0.1, 0.15) is 23.2 Å². The molecule has 2 aromatic carbocycles. The molecule has 1 amide bonds. The van der Waals surface area contributed by atoms with Crippen molar-refractivity contribution in [1.82, 2.24) is 9.97 Å². The average Bonchev–Trinajstić information content (AvgIpc) is 2.78. The Morgan fingerprint density at radius 3 is 2.50 bits per heavy atom. The number of rotatable bonds is 7. The van der Waals surface area contributed by atoms with Crippen molar-refractivity contribution in [2.45, 2.75) is 6.92 Å². The third-order valence-corrected chi connectivity index (χ3v) is 4.25. The molecule has 5 N–H and O–H groups in total. The van der Waals surface area contributed by atoms with Gasteiger partial charge in [-0.05, 0) is 43.3 Å². The number of ether oxygens (including phenoxy) is 2. The minimum atomic E-state index is -0.437. The maximum atomic E-state index is 12.3. The highest BCUT2D eigenvalue weighted by Gasteiger charge is 2.17. The van der Waals surface area contributed by atoms with Gasteiger partial charge in [-0.1, -0.05) is 12.1 Å². The Morgan fingerprint density at radius 1 is 1.09 bits per heavy atom. The van der Waals surface area contributed by atoms with Gasteiger partial charge in [0.05, 0.1) is 17.9 Å². The Kier molecular flexibility index (Phi) is 6.82. The Bertz CT molecular complexity index is 1190. The van der Waals surface area contributed by atoms with Crippen molar-refractivity contribution in [2.24, 2.45) is 0 Å². The van der Waals surface area contributed by atoms with E-state index in [4.69, 9.17) is 20.9 Å². The molecule has 0 saturated heterocycles. The van der Waals surface area contributed by atoms with Crippen LogP contribution >= 0.6 is 0 Å². The normalized spacial score (nSPS) is 10.1. The molecule has 10 heteroatoms. The molecule has 10 nitrogen and oxygen atoms in total. The van der Waals surface area contributed by atoms with Crippen LogP contribution in [0.3, 0.4) is 0 Å². The first-order valence-corrected chi connectivity index (χ1v) is 9.55. The summed E-state index contributed by atoms with van der Waals surface area (Å²) in [6.07, 6.45) is 0. The highest BCUT2D eigenvalue weighted by atomic mass is 16.5. The van der Waals surface area contributed by atoms with Crippen molar-refractivity contribution >= 4 is 29.3 Å². The lowest BCUT2D eigenvalue weighted by Crippen LogP contribution is -2.20. The SMILES string of the molecule is CCOC(=O)c1ccc(NC(=O)COc2ccccc2-c2nc(N)nc(N)c2C#N)cc1. The Labute approximate surface area is 183 Å². The van der Waals surface area contributed by atoms with E-state index in [0.29, 0.717) is 22.6 Å². The molecule has 3 rings (SSSR count). The van der Waals surface area contributed by atoms with Gasteiger partial charge in [-0.15, -0.1) is 0 Å². The fourth-order valence-electron chi connectivity index (χ4n) is 2.83. The van der Waals surface area contributed by atoms with Crippen LogP contribution in [0.1, 0.15) is 22.8 Å². The summed E-state index contributed by atoms with van der Waals surface area (Å²) < 4.78 is 10.6. The van der Waals surface area contributed by atoms with E-state index in [1.54, 1.807) is 55.5 Å². The summed E-state index contributed by atoms with van der Waals surface area (Å²) in [5.41, 5.74) is 13.0. The Balaban J connectivity index is 1.72. The van der Waals surface area contributed by atoms with Gasteiger partial charge in [0.25, 0.3) is 5.91 Å². The molecule has 32 heavy (non-hydrogen) atoms. The second-order valence-corrected chi connectivity index (χ2v) is 6.43. The quantitative estimate of drug-likeness (QED) is 0.475. The third kappa shape index (κ3) is 5.09. The molecular formula is C22H20N6O4. The lowest BCUT2D eigenvalue weighted by molar-refractivity contribution is -0.118. The molecule has 1 aromatic heterocycles. The minimum Gasteiger partial charge on any atom is -0.483 e. The number of nitrogen functional groups attached to an aromatic ring is 2. The van der Waals surface area contributed by atoms with Crippen LogP contribution in [0.4, 0.5) is 17.5 Å². The van der Waals surface area contributed by atoms with Crippen LogP contribution in [-0.4, -0.2) is 35.1 Å². The third-order valence-electron chi connectivity index (χ3n) is 4.25. The second-order valence-electron chi connectivity index (χ2n) is 6.43. The molecule has 0 radical (unpaired) electrons.